The second kappa shape index (κ2) is 6.86. The van der Waals surface area contributed by atoms with E-state index in [0.717, 1.165) is 29.8 Å². The molecule has 1 saturated carbocycles. The molecule has 0 saturated heterocycles. The molecule has 136 valence electrons. The summed E-state index contributed by atoms with van der Waals surface area (Å²) in [5, 5.41) is 20.1. The largest absolute Gasteiger partial charge is 0.353 e. The summed E-state index contributed by atoms with van der Waals surface area (Å²) in [4.78, 5) is 12.2. The first-order valence-electron chi connectivity index (χ1n) is 9.14. The zero-order valence-electron chi connectivity index (χ0n) is 15.1. The van der Waals surface area contributed by atoms with E-state index in [4.69, 9.17) is 0 Å². The fourth-order valence-corrected chi connectivity index (χ4v) is 3.70. The quantitative estimate of drug-likeness (QED) is 0.757. The van der Waals surface area contributed by atoms with Crippen molar-refractivity contribution in [2.75, 3.05) is 0 Å². The normalized spacial score (nSPS) is 15.0. The van der Waals surface area contributed by atoms with Gasteiger partial charge in [0.05, 0.1) is 5.69 Å². The summed E-state index contributed by atoms with van der Waals surface area (Å²) in [6, 6.07) is 4.10. The number of carbonyl (C=O) groups excluding carboxylic acids is 1. The molecule has 8 heteroatoms. The second-order valence-corrected chi connectivity index (χ2v) is 6.94. The van der Waals surface area contributed by atoms with Gasteiger partial charge in [-0.05, 0) is 50.8 Å². The van der Waals surface area contributed by atoms with E-state index < -0.39 is 0 Å². The molecule has 8 nitrogen and oxygen atoms in total. The smallest absolute Gasteiger partial charge is 0.220 e. The summed E-state index contributed by atoms with van der Waals surface area (Å²) in [7, 11) is 0. The number of aromatic nitrogens is 6. The van der Waals surface area contributed by atoms with E-state index in [1.54, 1.807) is 10.8 Å². The van der Waals surface area contributed by atoms with Crippen LogP contribution in [-0.4, -0.2) is 41.5 Å². The zero-order chi connectivity index (χ0) is 18.1. The molecule has 3 heterocycles. The van der Waals surface area contributed by atoms with Gasteiger partial charge < -0.3 is 5.32 Å². The minimum absolute atomic E-state index is 0.132. The van der Waals surface area contributed by atoms with Gasteiger partial charge >= 0.3 is 0 Å². The number of rotatable bonds is 5. The van der Waals surface area contributed by atoms with Gasteiger partial charge in [0.1, 0.15) is 6.33 Å². The number of hydrogen-bond acceptors (Lipinski definition) is 5. The lowest BCUT2D eigenvalue weighted by Gasteiger charge is -2.11. The van der Waals surface area contributed by atoms with Crippen LogP contribution < -0.4 is 5.32 Å². The fourth-order valence-electron chi connectivity index (χ4n) is 3.70. The van der Waals surface area contributed by atoms with Crippen LogP contribution in [0.15, 0.2) is 18.5 Å². The molecule has 1 N–H and O–H groups in total. The Morgan fingerprint density at radius 1 is 1.23 bits per heavy atom. The monoisotopic (exact) mass is 353 g/mol. The summed E-state index contributed by atoms with van der Waals surface area (Å²) < 4.78 is 3.44. The molecule has 4 rings (SSSR count). The van der Waals surface area contributed by atoms with Crippen molar-refractivity contribution < 1.29 is 4.79 Å². The lowest BCUT2D eigenvalue weighted by atomic mass is 10.1. The Kier molecular flexibility index (Phi) is 4.40. The van der Waals surface area contributed by atoms with Crippen LogP contribution in [0.25, 0.3) is 11.5 Å². The van der Waals surface area contributed by atoms with E-state index in [-0.39, 0.29) is 5.91 Å². The highest BCUT2D eigenvalue weighted by atomic mass is 16.1. The number of nitrogens with one attached hydrogen (secondary N) is 1. The Labute approximate surface area is 151 Å². The van der Waals surface area contributed by atoms with Crippen molar-refractivity contribution in [3.63, 3.8) is 0 Å². The molecular weight excluding hydrogens is 330 g/mol. The lowest BCUT2D eigenvalue weighted by molar-refractivity contribution is -0.121. The molecule has 1 amide bonds. The van der Waals surface area contributed by atoms with Crippen LogP contribution in [-0.2, 0) is 11.2 Å². The number of fused-ring (bicyclic) bond motifs is 1. The molecule has 1 aliphatic carbocycles. The van der Waals surface area contributed by atoms with Crippen LogP contribution in [0, 0.1) is 13.8 Å². The maximum atomic E-state index is 12.2. The van der Waals surface area contributed by atoms with Crippen molar-refractivity contribution in [2.24, 2.45) is 0 Å². The summed E-state index contributed by atoms with van der Waals surface area (Å²) >= 11 is 0. The Morgan fingerprint density at radius 3 is 2.85 bits per heavy atom. The van der Waals surface area contributed by atoms with Crippen molar-refractivity contribution in [3.8, 4) is 5.82 Å². The predicted octanol–water partition coefficient (Wildman–Crippen LogP) is 1.92. The number of amides is 1. The van der Waals surface area contributed by atoms with E-state index >= 15 is 0 Å². The van der Waals surface area contributed by atoms with E-state index in [0.29, 0.717) is 30.3 Å². The lowest BCUT2D eigenvalue weighted by Crippen LogP contribution is -2.32. The summed E-state index contributed by atoms with van der Waals surface area (Å²) in [5.41, 5.74) is 3.74. The standard InChI is InChI=1S/C18H23N7O/c1-12-15(7-10-18(26)20-14-5-3-4-6-14)13(2)25(22-12)17-9-8-16-21-19-11-24(16)23-17/h8-9,11,14H,3-7,10H2,1-2H3,(H,20,26). The van der Waals surface area contributed by atoms with Crippen molar-refractivity contribution in [1.29, 1.82) is 0 Å². The van der Waals surface area contributed by atoms with Gasteiger partial charge in [-0.3, -0.25) is 4.79 Å². The Hall–Kier alpha value is -2.77. The molecule has 0 spiro atoms. The van der Waals surface area contributed by atoms with Crippen LogP contribution in [0.1, 0.15) is 49.1 Å². The minimum Gasteiger partial charge on any atom is -0.353 e. The molecule has 0 bridgehead atoms. The molecule has 0 aliphatic heterocycles. The number of aryl methyl sites for hydroxylation is 1. The maximum absolute atomic E-state index is 12.2. The highest BCUT2D eigenvalue weighted by Crippen LogP contribution is 2.20. The third-order valence-electron chi connectivity index (χ3n) is 5.13. The van der Waals surface area contributed by atoms with Gasteiger partial charge in [0.15, 0.2) is 11.5 Å². The fraction of sp³-hybridized carbons (Fsp3) is 0.500. The Morgan fingerprint density at radius 2 is 2.04 bits per heavy atom. The molecule has 1 fully saturated rings. The van der Waals surface area contributed by atoms with Gasteiger partial charge in [-0.2, -0.15) is 9.61 Å². The van der Waals surface area contributed by atoms with Gasteiger partial charge in [-0.1, -0.05) is 12.8 Å². The molecule has 1 aliphatic rings. The molecule has 0 atom stereocenters. The van der Waals surface area contributed by atoms with E-state index in [1.165, 1.54) is 12.8 Å². The highest BCUT2D eigenvalue weighted by Gasteiger charge is 2.19. The molecule has 0 radical (unpaired) electrons. The van der Waals surface area contributed by atoms with Crippen LogP contribution in [0.5, 0.6) is 0 Å². The van der Waals surface area contributed by atoms with Gasteiger partial charge in [0, 0.05) is 18.2 Å². The molecule has 3 aromatic heterocycles. The summed E-state index contributed by atoms with van der Waals surface area (Å²) in [6.07, 6.45) is 7.41. The van der Waals surface area contributed by atoms with Crippen LogP contribution in [0.3, 0.4) is 0 Å². The average molecular weight is 353 g/mol. The van der Waals surface area contributed by atoms with Gasteiger partial charge in [-0.15, -0.1) is 15.3 Å². The first-order chi connectivity index (χ1) is 12.6. The third-order valence-corrected chi connectivity index (χ3v) is 5.13. The third kappa shape index (κ3) is 3.18. The van der Waals surface area contributed by atoms with Crippen molar-refractivity contribution in [2.45, 2.75) is 58.4 Å². The Bertz CT molecular complexity index is 936. The van der Waals surface area contributed by atoms with Crippen molar-refractivity contribution >= 4 is 11.6 Å². The van der Waals surface area contributed by atoms with E-state index in [2.05, 4.69) is 25.7 Å². The van der Waals surface area contributed by atoms with Crippen molar-refractivity contribution in [1.82, 2.24) is 34.9 Å². The van der Waals surface area contributed by atoms with Gasteiger partial charge in [0.25, 0.3) is 0 Å². The highest BCUT2D eigenvalue weighted by molar-refractivity contribution is 5.76. The maximum Gasteiger partial charge on any atom is 0.220 e. The zero-order valence-corrected chi connectivity index (χ0v) is 15.1. The van der Waals surface area contributed by atoms with Crippen molar-refractivity contribution in [3.05, 3.63) is 35.4 Å². The number of hydrogen-bond donors (Lipinski definition) is 1. The van der Waals surface area contributed by atoms with Crippen LogP contribution >= 0.6 is 0 Å². The molecule has 3 aromatic rings. The summed E-state index contributed by atoms with van der Waals surface area (Å²) in [6.45, 7) is 3.99. The number of carbonyl (C=O) groups is 1. The minimum atomic E-state index is 0.132. The SMILES string of the molecule is Cc1nn(-c2ccc3nncn3n2)c(C)c1CCC(=O)NC1CCCC1. The summed E-state index contributed by atoms with van der Waals surface area (Å²) in [5.74, 6) is 0.840. The molecule has 0 unspecified atom stereocenters. The van der Waals surface area contributed by atoms with Gasteiger partial charge in [-0.25, -0.2) is 4.68 Å². The Balaban J connectivity index is 1.49. The molecule has 0 aromatic carbocycles. The van der Waals surface area contributed by atoms with Gasteiger partial charge in [0.2, 0.25) is 5.91 Å². The number of nitrogens with zero attached hydrogens (tertiary/aromatic N) is 6. The topological polar surface area (TPSA) is 90.0 Å². The van der Waals surface area contributed by atoms with Crippen LogP contribution in [0.2, 0.25) is 0 Å². The molecular formula is C18H23N7O. The molecule has 26 heavy (non-hydrogen) atoms. The predicted molar refractivity (Wildman–Crippen MR) is 96.1 cm³/mol. The van der Waals surface area contributed by atoms with E-state index in [1.807, 2.05) is 30.7 Å². The average Bonchev–Trinajstić information content (AvgIpc) is 3.34. The van der Waals surface area contributed by atoms with Crippen LogP contribution in [0.4, 0.5) is 0 Å². The van der Waals surface area contributed by atoms with E-state index in [9.17, 15) is 4.79 Å². The second-order valence-electron chi connectivity index (χ2n) is 6.94. The first-order valence-corrected chi connectivity index (χ1v) is 9.14. The first kappa shape index (κ1) is 16.7.